The average Bonchev–Trinajstić information content (AvgIpc) is 3.81. The van der Waals surface area contributed by atoms with Gasteiger partial charge < -0.3 is 19.1 Å². The molecule has 0 spiro atoms. The van der Waals surface area contributed by atoms with Crippen LogP contribution in [0, 0.1) is 32.6 Å². The topological polar surface area (TPSA) is 33.5 Å². The molecule has 0 fully saturated rings. The van der Waals surface area contributed by atoms with E-state index in [2.05, 4.69) is 234 Å². The van der Waals surface area contributed by atoms with Crippen LogP contribution >= 0.6 is 0 Å². The summed E-state index contributed by atoms with van der Waals surface area (Å²) in [5.41, 5.74) is 15.5. The van der Waals surface area contributed by atoms with Gasteiger partial charge in [-0.15, -0.1) is 53.6 Å². The summed E-state index contributed by atoms with van der Waals surface area (Å²) in [6, 6.07) is 61.3. The Labute approximate surface area is 392 Å². The molecule has 0 bridgehead atoms. The first-order valence-electron chi connectivity index (χ1n) is 21.8. The zero-order valence-corrected chi connectivity index (χ0v) is 39.9. The van der Waals surface area contributed by atoms with Crippen molar-refractivity contribution in [1.29, 1.82) is 0 Å². The molecule has 7 aromatic carbocycles. The molecule has 6 heteroatoms. The van der Waals surface area contributed by atoms with Crippen LogP contribution < -0.4 is 14.5 Å². The van der Waals surface area contributed by atoms with Gasteiger partial charge in [0.15, 0.2) is 0 Å². The minimum atomic E-state index is -0.0591. The van der Waals surface area contributed by atoms with E-state index in [9.17, 15) is 0 Å². The van der Waals surface area contributed by atoms with E-state index in [0.29, 0.717) is 11.5 Å². The van der Waals surface area contributed by atoms with Gasteiger partial charge in [-0.3, -0.25) is 0 Å². The summed E-state index contributed by atoms with van der Waals surface area (Å²) in [5, 5.41) is 2.23. The van der Waals surface area contributed by atoms with E-state index in [0.717, 1.165) is 61.5 Å². The Morgan fingerprint density at radius 1 is 0.531 bits per heavy atom. The predicted octanol–water partition coefficient (Wildman–Crippen LogP) is 15.5. The first kappa shape index (κ1) is 42.9. The van der Waals surface area contributed by atoms with Crippen molar-refractivity contribution >= 4 is 44.6 Å². The number of anilines is 4. The van der Waals surface area contributed by atoms with Crippen molar-refractivity contribution in [1.82, 2.24) is 9.55 Å². The fourth-order valence-corrected chi connectivity index (χ4v) is 8.60. The van der Waals surface area contributed by atoms with Crippen LogP contribution in [0.2, 0.25) is 0 Å². The normalized spacial score (nSPS) is 12.8. The van der Waals surface area contributed by atoms with Gasteiger partial charge in [0.1, 0.15) is 5.82 Å². The SMILES string of the molecule is Cc1cc2c(cc1C)N(c1cc(-c3ccccc3)cc(C(C)(C)C)c1)[CH-]N2c1[c-]c(Oc2[c-]c3c(cc2)c2ccccc2n3-c2cc(C(C)(C)C)ccn2)cc(-c2ccccc2)c1.[Pt]. The van der Waals surface area contributed by atoms with E-state index in [1.165, 1.54) is 33.4 Å². The van der Waals surface area contributed by atoms with Gasteiger partial charge >= 0.3 is 0 Å². The molecule has 9 aromatic rings. The van der Waals surface area contributed by atoms with Gasteiger partial charge in [-0.2, -0.15) is 6.07 Å². The summed E-state index contributed by atoms with van der Waals surface area (Å²) in [6.07, 6.45) is 1.91. The number of para-hydroxylation sites is 1. The maximum Gasteiger partial charge on any atom is 0.135 e. The summed E-state index contributed by atoms with van der Waals surface area (Å²) in [4.78, 5) is 9.47. The molecular formula is C58H51N4OPt-3. The Morgan fingerprint density at radius 3 is 1.83 bits per heavy atom. The molecule has 10 rings (SSSR count). The first-order valence-corrected chi connectivity index (χ1v) is 21.8. The molecule has 1 aliphatic heterocycles. The zero-order chi connectivity index (χ0) is 43.6. The van der Waals surface area contributed by atoms with Gasteiger partial charge in [-0.1, -0.05) is 132 Å². The van der Waals surface area contributed by atoms with Crippen molar-refractivity contribution in [2.45, 2.75) is 66.2 Å². The third-order valence-corrected chi connectivity index (χ3v) is 12.3. The smallest absolute Gasteiger partial charge is 0.135 e. The molecular weight excluding hydrogens is 964 g/mol. The largest absolute Gasteiger partial charge is 0.509 e. The van der Waals surface area contributed by atoms with Crippen LogP contribution in [-0.2, 0) is 31.9 Å². The van der Waals surface area contributed by atoms with E-state index in [1.54, 1.807) is 0 Å². The fourth-order valence-electron chi connectivity index (χ4n) is 8.60. The van der Waals surface area contributed by atoms with Crippen molar-refractivity contribution in [2.75, 3.05) is 9.80 Å². The van der Waals surface area contributed by atoms with E-state index in [4.69, 9.17) is 9.72 Å². The van der Waals surface area contributed by atoms with Crippen molar-refractivity contribution in [3.8, 4) is 39.6 Å². The quantitative estimate of drug-likeness (QED) is 0.149. The summed E-state index contributed by atoms with van der Waals surface area (Å²) in [7, 11) is 0. The molecule has 0 saturated heterocycles. The van der Waals surface area contributed by atoms with Crippen LogP contribution in [0.1, 0.15) is 63.8 Å². The van der Waals surface area contributed by atoms with E-state index in [1.807, 2.05) is 12.3 Å². The fraction of sp³-hybridized carbons (Fsp3) is 0.172. The van der Waals surface area contributed by atoms with E-state index in [-0.39, 0.29) is 31.9 Å². The Hall–Kier alpha value is -6.42. The molecule has 3 heterocycles. The van der Waals surface area contributed by atoms with E-state index < -0.39 is 0 Å². The predicted molar refractivity (Wildman–Crippen MR) is 262 cm³/mol. The third-order valence-electron chi connectivity index (χ3n) is 12.3. The second kappa shape index (κ2) is 16.6. The number of aryl methyl sites for hydroxylation is 2. The second-order valence-corrected chi connectivity index (χ2v) is 18.8. The maximum atomic E-state index is 6.87. The van der Waals surface area contributed by atoms with Crippen LogP contribution in [0.15, 0.2) is 158 Å². The number of hydrogen-bond acceptors (Lipinski definition) is 4. The molecule has 1 aliphatic rings. The number of aromatic nitrogens is 2. The number of fused-ring (bicyclic) bond motifs is 4. The number of nitrogens with zero attached hydrogens (tertiary/aromatic N) is 4. The number of pyridine rings is 1. The van der Waals surface area contributed by atoms with Crippen molar-refractivity contribution in [3.05, 3.63) is 199 Å². The van der Waals surface area contributed by atoms with Crippen molar-refractivity contribution in [3.63, 3.8) is 0 Å². The minimum absolute atomic E-state index is 0. The minimum Gasteiger partial charge on any atom is -0.509 e. The molecule has 2 aromatic heterocycles. The van der Waals surface area contributed by atoms with Crippen molar-refractivity contribution < 1.29 is 25.8 Å². The third kappa shape index (κ3) is 8.03. The van der Waals surface area contributed by atoms with Crippen LogP contribution in [0.4, 0.5) is 22.7 Å². The molecule has 0 atom stereocenters. The number of ether oxygens (including phenoxy) is 1. The van der Waals surface area contributed by atoms with Crippen LogP contribution in [0.5, 0.6) is 11.5 Å². The molecule has 0 unspecified atom stereocenters. The van der Waals surface area contributed by atoms with Gasteiger partial charge in [-0.05, 0) is 111 Å². The summed E-state index contributed by atoms with van der Waals surface area (Å²) < 4.78 is 9.08. The molecule has 0 amide bonds. The molecule has 0 saturated carbocycles. The maximum absolute atomic E-state index is 6.87. The zero-order valence-electron chi connectivity index (χ0n) is 37.6. The molecule has 0 N–H and O–H groups in total. The second-order valence-electron chi connectivity index (χ2n) is 18.8. The van der Waals surface area contributed by atoms with Gasteiger partial charge in [0.05, 0.1) is 0 Å². The Balaban J connectivity index is 0.00000518. The van der Waals surface area contributed by atoms with E-state index >= 15 is 0 Å². The Morgan fingerprint density at radius 2 is 1.16 bits per heavy atom. The molecule has 5 nitrogen and oxygen atoms in total. The average molecular weight is 1020 g/mol. The Kier molecular flexibility index (Phi) is 11.1. The molecule has 0 radical (unpaired) electrons. The van der Waals surface area contributed by atoms with Crippen molar-refractivity contribution in [2.24, 2.45) is 0 Å². The van der Waals surface area contributed by atoms with Gasteiger partial charge in [0.2, 0.25) is 0 Å². The molecule has 64 heavy (non-hydrogen) atoms. The number of benzene rings is 7. The number of rotatable bonds is 7. The summed E-state index contributed by atoms with van der Waals surface area (Å²) in [5.74, 6) is 2.04. The Bertz CT molecular complexity index is 3180. The van der Waals surface area contributed by atoms with Crippen LogP contribution in [0.3, 0.4) is 0 Å². The first-order chi connectivity index (χ1) is 30.3. The summed E-state index contributed by atoms with van der Waals surface area (Å²) in [6.45, 7) is 20.1. The van der Waals surface area contributed by atoms with Crippen LogP contribution in [-0.4, -0.2) is 9.55 Å². The van der Waals surface area contributed by atoms with Crippen LogP contribution in [0.25, 0.3) is 49.9 Å². The summed E-state index contributed by atoms with van der Waals surface area (Å²) >= 11 is 0. The molecule has 322 valence electrons. The van der Waals surface area contributed by atoms with Gasteiger partial charge in [0.25, 0.3) is 0 Å². The number of hydrogen-bond donors (Lipinski definition) is 0. The molecule has 0 aliphatic carbocycles. The van der Waals surface area contributed by atoms with Gasteiger partial charge in [0, 0.05) is 61.3 Å². The monoisotopic (exact) mass is 1010 g/mol. The van der Waals surface area contributed by atoms with Gasteiger partial charge in [-0.25, -0.2) is 4.98 Å². The standard InChI is InChI=1S/C58H51N4O.Pt/c1-38-27-54-55(28-39(38)2)61(37-60(54)46-30-42(40-17-11-9-12-18-40)29-45(33-46)58(6,7)8)47-31-43(41-19-13-10-14-20-41)32-49(35-47)63-48-23-24-51-50-21-15-16-22-52(50)62(53(51)36-48)56-34-44(25-26-59-56)57(3,4)5;/h9-34,37H,1-8H3;/q-3;.